The van der Waals surface area contributed by atoms with Gasteiger partial charge in [0.05, 0.1) is 19.0 Å². The van der Waals surface area contributed by atoms with Gasteiger partial charge < -0.3 is 25.4 Å². The van der Waals surface area contributed by atoms with Crippen LogP contribution in [0.25, 0.3) is 0 Å². The summed E-state index contributed by atoms with van der Waals surface area (Å²) in [6, 6.07) is 13.9. The van der Waals surface area contributed by atoms with Crippen molar-refractivity contribution in [2.75, 3.05) is 5.32 Å². The number of urea groups is 1. The molecular weight excluding hydrogens is 446 g/mol. The van der Waals surface area contributed by atoms with Crippen LogP contribution in [-0.2, 0) is 17.8 Å². The molecule has 1 heterocycles. The summed E-state index contributed by atoms with van der Waals surface area (Å²) >= 11 is 6.17. The Labute approximate surface area is 195 Å². The third-order valence-electron chi connectivity index (χ3n) is 5.15. The predicted molar refractivity (Wildman–Crippen MR) is 126 cm³/mol. The van der Waals surface area contributed by atoms with Crippen molar-refractivity contribution in [3.63, 3.8) is 0 Å². The average Bonchev–Trinajstić information content (AvgIpc) is 2.79. The van der Waals surface area contributed by atoms with Gasteiger partial charge in [0.25, 0.3) is 5.56 Å². The molecule has 0 aliphatic heterocycles. The quantitative estimate of drug-likeness (QED) is 0.395. The lowest BCUT2D eigenvalue weighted by atomic mass is 10.0. The summed E-state index contributed by atoms with van der Waals surface area (Å²) < 4.78 is 1.30. The van der Waals surface area contributed by atoms with Crippen LogP contribution in [0.3, 0.4) is 0 Å². The standard InChI is InChI=1S/C24H24ClN3O5/c1-2-15-7-9-16(10-8-15)19(13-21(30)31)26-24(33)27-22-20(29)11-12-28(23(22)32)14-17-5-3-4-6-18(17)25/h3-12,19,29H,2,13-14H2,1H3,(H,30,31)(H2,26,27,33)/t19-/m0/s1. The molecule has 0 radical (unpaired) electrons. The van der Waals surface area contributed by atoms with Crippen molar-refractivity contribution in [2.24, 2.45) is 0 Å². The van der Waals surface area contributed by atoms with Crippen LogP contribution < -0.4 is 16.2 Å². The van der Waals surface area contributed by atoms with Crippen LogP contribution in [0, 0.1) is 0 Å². The van der Waals surface area contributed by atoms with Crippen molar-refractivity contribution in [2.45, 2.75) is 32.4 Å². The van der Waals surface area contributed by atoms with Gasteiger partial charge in [-0.1, -0.05) is 61.0 Å². The van der Waals surface area contributed by atoms with E-state index in [9.17, 15) is 24.6 Å². The summed E-state index contributed by atoms with van der Waals surface area (Å²) in [6.45, 7) is 2.14. The van der Waals surface area contributed by atoms with Crippen LogP contribution >= 0.6 is 11.6 Å². The van der Waals surface area contributed by atoms with Gasteiger partial charge in [-0.05, 0) is 35.2 Å². The largest absolute Gasteiger partial charge is 0.505 e. The Morgan fingerprint density at radius 2 is 1.79 bits per heavy atom. The Balaban J connectivity index is 1.80. The van der Waals surface area contributed by atoms with E-state index in [4.69, 9.17) is 11.6 Å². The highest BCUT2D eigenvalue weighted by molar-refractivity contribution is 6.31. The van der Waals surface area contributed by atoms with Gasteiger partial charge in [-0.3, -0.25) is 9.59 Å². The van der Waals surface area contributed by atoms with E-state index in [0.717, 1.165) is 12.0 Å². The number of aliphatic carboxylic acids is 1. The molecule has 3 aromatic rings. The number of halogens is 1. The number of amides is 2. The fourth-order valence-electron chi connectivity index (χ4n) is 3.34. The molecule has 0 saturated carbocycles. The average molecular weight is 470 g/mol. The lowest BCUT2D eigenvalue weighted by molar-refractivity contribution is -0.137. The van der Waals surface area contributed by atoms with Crippen molar-refractivity contribution < 1.29 is 19.8 Å². The second kappa shape index (κ2) is 10.7. The van der Waals surface area contributed by atoms with E-state index in [1.54, 1.807) is 36.4 Å². The second-order valence-corrected chi connectivity index (χ2v) is 7.85. The molecule has 8 nitrogen and oxygen atoms in total. The fourth-order valence-corrected chi connectivity index (χ4v) is 3.53. The smallest absolute Gasteiger partial charge is 0.319 e. The molecule has 0 aliphatic rings. The summed E-state index contributed by atoms with van der Waals surface area (Å²) in [7, 11) is 0. The van der Waals surface area contributed by atoms with Crippen LogP contribution in [0.4, 0.5) is 10.5 Å². The SMILES string of the molecule is CCc1ccc([C@H](CC(=O)O)NC(=O)Nc2c(O)ccn(Cc3ccccc3Cl)c2=O)cc1. The van der Waals surface area contributed by atoms with E-state index in [0.29, 0.717) is 16.1 Å². The van der Waals surface area contributed by atoms with E-state index >= 15 is 0 Å². The second-order valence-electron chi connectivity index (χ2n) is 7.44. The maximum atomic E-state index is 12.9. The zero-order valence-corrected chi connectivity index (χ0v) is 18.7. The number of hydrogen-bond acceptors (Lipinski definition) is 4. The lowest BCUT2D eigenvalue weighted by Crippen LogP contribution is -2.36. The van der Waals surface area contributed by atoms with E-state index in [-0.39, 0.29) is 18.7 Å². The van der Waals surface area contributed by atoms with Gasteiger partial charge in [0.15, 0.2) is 5.69 Å². The van der Waals surface area contributed by atoms with Crippen LogP contribution in [0.2, 0.25) is 5.02 Å². The number of aromatic hydroxyl groups is 1. The number of pyridine rings is 1. The fraction of sp³-hybridized carbons (Fsp3) is 0.208. The monoisotopic (exact) mass is 469 g/mol. The Kier molecular flexibility index (Phi) is 7.74. The van der Waals surface area contributed by atoms with Crippen LogP contribution in [-0.4, -0.2) is 26.8 Å². The van der Waals surface area contributed by atoms with Crippen molar-refractivity contribution in [1.29, 1.82) is 0 Å². The van der Waals surface area contributed by atoms with Gasteiger partial charge in [-0.25, -0.2) is 4.79 Å². The zero-order chi connectivity index (χ0) is 24.0. The van der Waals surface area contributed by atoms with Gasteiger partial charge in [0, 0.05) is 11.2 Å². The molecule has 4 N–H and O–H groups in total. The van der Waals surface area contributed by atoms with E-state index in [2.05, 4.69) is 10.6 Å². The summed E-state index contributed by atoms with van der Waals surface area (Å²) in [5.74, 6) is -1.50. The Bertz CT molecular complexity index is 1210. The number of carbonyl (C=O) groups is 2. The molecule has 1 aromatic heterocycles. The Morgan fingerprint density at radius 1 is 1.09 bits per heavy atom. The van der Waals surface area contributed by atoms with Gasteiger partial charge >= 0.3 is 12.0 Å². The van der Waals surface area contributed by atoms with Gasteiger partial charge in [0.1, 0.15) is 5.75 Å². The molecular formula is C24H24ClN3O5. The molecule has 2 amide bonds. The third-order valence-corrected chi connectivity index (χ3v) is 5.52. The summed E-state index contributed by atoms with van der Waals surface area (Å²) in [5.41, 5.74) is 1.42. The predicted octanol–water partition coefficient (Wildman–Crippen LogP) is 4.16. The van der Waals surface area contributed by atoms with E-state index < -0.39 is 29.4 Å². The van der Waals surface area contributed by atoms with Crippen LogP contribution in [0.1, 0.15) is 36.1 Å². The highest BCUT2D eigenvalue weighted by Gasteiger charge is 2.20. The van der Waals surface area contributed by atoms with Crippen LogP contribution in [0.15, 0.2) is 65.6 Å². The first-order chi connectivity index (χ1) is 15.8. The van der Waals surface area contributed by atoms with Crippen molar-refractivity contribution >= 4 is 29.3 Å². The van der Waals surface area contributed by atoms with E-state index in [1.807, 2.05) is 19.1 Å². The van der Waals surface area contributed by atoms with Crippen molar-refractivity contribution in [3.05, 3.63) is 92.9 Å². The summed E-state index contributed by atoms with van der Waals surface area (Å²) in [4.78, 5) is 36.8. The molecule has 2 aromatic carbocycles. The minimum atomic E-state index is -1.09. The number of nitrogens with zero attached hydrogens (tertiary/aromatic N) is 1. The number of carbonyl (C=O) groups excluding carboxylic acids is 1. The van der Waals surface area contributed by atoms with Gasteiger partial charge in [-0.15, -0.1) is 0 Å². The number of nitrogens with one attached hydrogen (secondary N) is 2. The summed E-state index contributed by atoms with van der Waals surface area (Å²) in [6.07, 6.45) is 1.87. The molecule has 33 heavy (non-hydrogen) atoms. The molecule has 0 unspecified atom stereocenters. The number of aromatic nitrogens is 1. The first-order valence-electron chi connectivity index (χ1n) is 10.3. The molecule has 0 spiro atoms. The molecule has 0 fully saturated rings. The number of carboxylic acids is 1. The Hall–Kier alpha value is -3.78. The molecule has 9 heteroatoms. The maximum Gasteiger partial charge on any atom is 0.319 e. The number of carboxylic acid groups (broad SMARTS) is 1. The minimum Gasteiger partial charge on any atom is -0.505 e. The van der Waals surface area contributed by atoms with Crippen LogP contribution in [0.5, 0.6) is 5.75 Å². The number of aryl methyl sites for hydroxylation is 1. The third kappa shape index (κ3) is 6.14. The molecule has 1 atom stereocenters. The molecule has 0 aliphatic carbocycles. The Morgan fingerprint density at radius 3 is 2.42 bits per heavy atom. The number of anilines is 1. The molecule has 3 rings (SSSR count). The molecule has 0 saturated heterocycles. The van der Waals surface area contributed by atoms with E-state index in [1.165, 1.54) is 16.8 Å². The van der Waals surface area contributed by atoms with Crippen molar-refractivity contribution in [3.8, 4) is 5.75 Å². The van der Waals surface area contributed by atoms with Gasteiger partial charge in [0.2, 0.25) is 0 Å². The van der Waals surface area contributed by atoms with Crippen molar-refractivity contribution in [1.82, 2.24) is 9.88 Å². The maximum absolute atomic E-state index is 12.9. The zero-order valence-electron chi connectivity index (χ0n) is 17.9. The molecule has 0 bridgehead atoms. The topological polar surface area (TPSA) is 121 Å². The lowest BCUT2D eigenvalue weighted by Gasteiger charge is -2.19. The first-order valence-corrected chi connectivity index (χ1v) is 10.7. The number of benzene rings is 2. The minimum absolute atomic E-state index is 0.139. The number of rotatable bonds is 8. The highest BCUT2D eigenvalue weighted by Crippen LogP contribution is 2.21. The number of hydrogen-bond donors (Lipinski definition) is 4. The summed E-state index contributed by atoms with van der Waals surface area (Å²) in [5, 5.41) is 24.8. The highest BCUT2D eigenvalue weighted by atomic mass is 35.5. The first kappa shape index (κ1) is 23.9. The molecule has 172 valence electrons. The van der Waals surface area contributed by atoms with Gasteiger partial charge in [-0.2, -0.15) is 0 Å². The normalized spacial score (nSPS) is 11.6.